The van der Waals surface area contributed by atoms with Crippen LogP contribution in [0.5, 0.6) is 5.75 Å². The van der Waals surface area contributed by atoms with Crippen LogP contribution in [0.25, 0.3) is 22.3 Å². The third kappa shape index (κ3) is 8.61. The topological polar surface area (TPSA) is 18.5 Å². The lowest BCUT2D eigenvalue weighted by molar-refractivity contribution is -0.0215. The van der Waals surface area contributed by atoms with E-state index in [0.717, 1.165) is 43.2 Å². The molecule has 4 rings (SSSR count). The zero-order chi connectivity index (χ0) is 29.0. The van der Waals surface area contributed by atoms with Gasteiger partial charge in [-0.15, -0.1) is 0 Å². The van der Waals surface area contributed by atoms with Crippen LogP contribution in [-0.4, -0.2) is 13.2 Å². The zero-order valence-electron chi connectivity index (χ0n) is 24.7. The first-order valence-corrected chi connectivity index (χ1v) is 15.6. The quantitative estimate of drug-likeness (QED) is 0.170. The van der Waals surface area contributed by atoms with Gasteiger partial charge in [-0.05, 0) is 66.5 Å². The molecule has 0 N–H and O–H groups in total. The van der Waals surface area contributed by atoms with Gasteiger partial charge in [-0.25, -0.2) is 8.78 Å². The lowest BCUT2D eigenvalue weighted by Gasteiger charge is -2.29. The van der Waals surface area contributed by atoms with Crippen LogP contribution in [0, 0.1) is 23.4 Å². The second-order valence-corrected chi connectivity index (χ2v) is 11.4. The van der Waals surface area contributed by atoms with Crippen LogP contribution < -0.4 is 4.74 Å². The number of rotatable bonds is 15. The molecule has 5 heteroatoms. The van der Waals surface area contributed by atoms with Crippen LogP contribution in [0.2, 0.25) is 0 Å². The minimum Gasteiger partial charge on any atom is -0.490 e. The monoisotopic (exact) mass is 566 g/mol. The molecule has 1 saturated heterocycles. The molecular weight excluding hydrogens is 521 g/mol. The van der Waals surface area contributed by atoms with Crippen molar-refractivity contribution in [3.63, 3.8) is 0 Å². The fraction of sp³-hybridized carbons (Fsp3) is 0.500. The Bertz CT molecular complexity index is 1220. The van der Waals surface area contributed by atoms with Gasteiger partial charge in [0.05, 0.1) is 19.3 Å². The smallest absolute Gasteiger partial charge is 0.201 e. The van der Waals surface area contributed by atoms with Gasteiger partial charge < -0.3 is 9.47 Å². The summed E-state index contributed by atoms with van der Waals surface area (Å²) in [5.41, 5.74) is 2.86. The SMILES string of the molecule is CCCCCCCCOc1ccc(-c2ccc(-c3ccc(C4CCC(CCCCC)CO4)c(F)c3)cc2)c(F)c1F. The molecule has 0 bridgehead atoms. The van der Waals surface area contributed by atoms with Gasteiger partial charge in [-0.2, -0.15) is 4.39 Å². The minimum absolute atomic E-state index is 0.0547. The van der Waals surface area contributed by atoms with E-state index in [2.05, 4.69) is 13.8 Å². The van der Waals surface area contributed by atoms with Gasteiger partial charge in [0.2, 0.25) is 5.82 Å². The summed E-state index contributed by atoms with van der Waals surface area (Å²) in [6.45, 7) is 5.45. The van der Waals surface area contributed by atoms with Crippen molar-refractivity contribution < 1.29 is 22.6 Å². The van der Waals surface area contributed by atoms with Crippen LogP contribution >= 0.6 is 0 Å². The summed E-state index contributed by atoms with van der Waals surface area (Å²) >= 11 is 0. The van der Waals surface area contributed by atoms with Crippen molar-refractivity contribution in [1.82, 2.24) is 0 Å². The van der Waals surface area contributed by atoms with Crippen molar-refractivity contribution in [1.29, 1.82) is 0 Å². The molecule has 0 radical (unpaired) electrons. The minimum atomic E-state index is -0.965. The molecular formula is C36H45F3O2. The van der Waals surface area contributed by atoms with Gasteiger partial charge in [0, 0.05) is 11.1 Å². The average Bonchev–Trinajstić information content (AvgIpc) is 2.99. The number of halogens is 3. The van der Waals surface area contributed by atoms with Crippen LogP contribution in [0.4, 0.5) is 13.2 Å². The molecule has 0 saturated carbocycles. The largest absolute Gasteiger partial charge is 0.490 e. The molecule has 222 valence electrons. The van der Waals surface area contributed by atoms with Crippen molar-refractivity contribution in [3.05, 3.63) is 77.6 Å². The Kier molecular flexibility index (Phi) is 12.2. The normalized spacial score (nSPS) is 17.1. The average molecular weight is 567 g/mol. The highest BCUT2D eigenvalue weighted by atomic mass is 19.2. The third-order valence-electron chi connectivity index (χ3n) is 8.27. The molecule has 3 aromatic carbocycles. The van der Waals surface area contributed by atoms with Gasteiger partial charge in [0.1, 0.15) is 5.82 Å². The van der Waals surface area contributed by atoms with Crippen LogP contribution in [0.15, 0.2) is 54.6 Å². The van der Waals surface area contributed by atoms with Crippen molar-refractivity contribution in [2.75, 3.05) is 13.2 Å². The van der Waals surface area contributed by atoms with E-state index in [1.165, 1.54) is 57.1 Å². The Morgan fingerprint density at radius 1 is 0.707 bits per heavy atom. The maximum atomic E-state index is 15.1. The second-order valence-electron chi connectivity index (χ2n) is 11.4. The highest BCUT2D eigenvalue weighted by molar-refractivity contribution is 5.71. The van der Waals surface area contributed by atoms with Crippen LogP contribution in [-0.2, 0) is 4.74 Å². The van der Waals surface area contributed by atoms with E-state index in [4.69, 9.17) is 9.47 Å². The molecule has 2 atom stereocenters. The Balaban J connectivity index is 1.34. The van der Waals surface area contributed by atoms with Crippen molar-refractivity contribution >= 4 is 0 Å². The number of hydrogen-bond acceptors (Lipinski definition) is 2. The van der Waals surface area contributed by atoms with E-state index in [9.17, 15) is 8.78 Å². The summed E-state index contributed by atoms with van der Waals surface area (Å²) in [6, 6.07) is 15.4. The molecule has 0 amide bonds. The Labute approximate surface area is 244 Å². The van der Waals surface area contributed by atoms with E-state index in [0.29, 0.717) is 30.3 Å². The first-order valence-electron chi connectivity index (χ1n) is 15.6. The summed E-state index contributed by atoms with van der Waals surface area (Å²) in [4.78, 5) is 0. The number of unbranched alkanes of at least 4 members (excludes halogenated alkanes) is 7. The van der Waals surface area contributed by atoms with E-state index in [1.807, 2.05) is 24.3 Å². The maximum Gasteiger partial charge on any atom is 0.201 e. The Morgan fingerprint density at radius 2 is 1.39 bits per heavy atom. The molecule has 3 aromatic rings. The maximum absolute atomic E-state index is 15.1. The summed E-state index contributed by atoms with van der Waals surface area (Å²) in [5.74, 6) is -1.64. The van der Waals surface area contributed by atoms with Crippen LogP contribution in [0.1, 0.15) is 103 Å². The van der Waals surface area contributed by atoms with Gasteiger partial charge in [0.25, 0.3) is 0 Å². The number of benzene rings is 3. The Morgan fingerprint density at radius 3 is 2.10 bits per heavy atom. The molecule has 1 aliphatic rings. The molecule has 1 heterocycles. The molecule has 2 nitrogen and oxygen atoms in total. The van der Waals surface area contributed by atoms with Crippen molar-refractivity contribution in [3.8, 4) is 28.0 Å². The van der Waals surface area contributed by atoms with E-state index in [-0.39, 0.29) is 23.2 Å². The van der Waals surface area contributed by atoms with Gasteiger partial charge in [-0.1, -0.05) is 102 Å². The van der Waals surface area contributed by atoms with E-state index < -0.39 is 11.6 Å². The van der Waals surface area contributed by atoms with Gasteiger partial charge in [-0.3, -0.25) is 0 Å². The van der Waals surface area contributed by atoms with Crippen molar-refractivity contribution in [2.45, 2.75) is 97.0 Å². The standard InChI is InChI=1S/C36H45F3O2/c1-3-5-7-8-9-11-23-40-34-22-20-30(35(38)36(34)39)28-16-14-27(15-17-28)29-18-19-31(32(37)24-29)33-21-13-26(25-41-33)12-10-6-4-2/h14-20,22,24,26,33H,3-13,21,23,25H2,1-2H3. The Hall–Kier alpha value is -2.79. The first-order chi connectivity index (χ1) is 20.0. The fourth-order valence-corrected chi connectivity index (χ4v) is 5.70. The van der Waals surface area contributed by atoms with Gasteiger partial charge >= 0.3 is 0 Å². The van der Waals surface area contributed by atoms with E-state index in [1.54, 1.807) is 18.2 Å². The summed E-state index contributed by atoms with van der Waals surface area (Å²) in [6.07, 6.45) is 13.2. The number of ether oxygens (including phenoxy) is 2. The second kappa shape index (κ2) is 16.0. The highest BCUT2D eigenvalue weighted by Gasteiger charge is 2.25. The molecule has 1 aliphatic heterocycles. The first kappa shape index (κ1) is 31.2. The third-order valence-corrected chi connectivity index (χ3v) is 8.27. The lowest BCUT2D eigenvalue weighted by Crippen LogP contribution is -2.21. The van der Waals surface area contributed by atoms with Crippen LogP contribution in [0.3, 0.4) is 0 Å². The summed E-state index contributed by atoms with van der Waals surface area (Å²) in [7, 11) is 0. The molecule has 1 fully saturated rings. The predicted molar refractivity (Wildman–Crippen MR) is 162 cm³/mol. The molecule has 2 unspecified atom stereocenters. The van der Waals surface area contributed by atoms with E-state index >= 15 is 4.39 Å². The lowest BCUT2D eigenvalue weighted by atomic mass is 9.90. The van der Waals surface area contributed by atoms with Crippen molar-refractivity contribution in [2.24, 2.45) is 5.92 Å². The molecule has 41 heavy (non-hydrogen) atoms. The molecule has 0 spiro atoms. The summed E-state index contributed by atoms with van der Waals surface area (Å²) < 4.78 is 56.4. The predicted octanol–water partition coefficient (Wildman–Crippen LogP) is 11.2. The van der Waals surface area contributed by atoms with Gasteiger partial charge in [0.15, 0.2) is 11.6 Å². The fourth-order valence-electron chi connectivity index (χ4n) is 5.70. The highest BCUT2D eigenvalue weighted by Crippen LogP contribution is 2.36. The molecule has 0 aliphatic carbocycles. The zero-order valence-corrected chi connectivity index (χ0v) is 24.7. The summed E-state index contributed by atoms with van der Waals surface area (Å²) in [5, 5.41) is 0. The molecule has 0 aromatic heterocycles. The number of hydrogen-bond donors (Lipinski definition) is 0.